The van der Waals surface area contributed by atoms with Crippen molar-refractivity contribution >= 4 is 0 Å². The quantitative estimate of drug-likeness (QED) is 0.553. The van der Waals surface area contributed by atoms with E-state index in [1.165, 1.54) is 5.57 Å². The second kappa shape index (κ2) is 3.57. The summed E-state index contributed by atoms with van der Waals surface area (Å²) in [6.07, 6.45) is 12.6. The molecule has 0 nitrogen and oxygen atoms in total. The topological polar surface area (TPSA) is 0 Å². The zero-order valence-electron chi connectivity index (χ0n) is 7.72. The average molecular weight is 160 g/mol. The number of rotatable bonds is 3. The van der Waals surface area contributed by atoms with Crippen molar-refractivity contribution in [3.05, 3.63) is 49.1 Å². The molecule has 0 N–H and O–H groups in total. The Labute approximate surface area is 75.0 Å². The Morgan fingerprint density at radius 3 is 2.83 bits per heavy atom. The van der Waals surface area contributed by atoms with Crippen molar-refractivity contribution in [2.45, 2.75) is 19.8 Å². The maximum atomic E-state index is 3.88. The van der Waals surface area contributed by atoms with Crippen LogP contribution < -0.4 is 0 Å². The van der Waals surface area contributed by atoms with E-state index >= 15 is 0 Å². The number of hydrogen-bond donors (Lipinski definition) is 0. The van der Waals surface area contributed by atoms with Gasteiger partial charge in [-0.3, -0.25) is 0 Å². The van der Waals surface area contributed by atoms with Crippen LogP contribution in [0.25, 0.3) is 0 Å². The highest BCUT2D eigenvalue weighted by molar-refractivity contribution is 5.32. The number of hydrogen-bond acceptors (Lipinski definition) is 0. The normalized spacial score (nSPS) is 27.9. The monoisotopic (exact) mass is 160 g/mol. The van der Waals surface area contributed by atoms with Gasteiger partial charge in [-0.25, -0.2) is 0 Å². The lowest BCUT2D eigenvalue weighted by molar-refractivity contribution is 0.469. The molecule has 64 valence electrons. The summed E-state index contributed by atoms with van der Waals surface area (Å²) >= 11 is 0. The van der Waals surface area contributed by atoms with Crippen LogP contribution >= 0.6 is 0 Å². The highest BCUT2D eigenvalue weighted by Crippen LogP contribution is 2.36. The predicted octanol–water partition coefficient (Wildman–Crippen LogP) is 3.64. The van der Waals surface area contributed by atoms with Gasteiger partial charge in [0.25, 0.3) is 0 Å². The van der Waals surface area contributed by atoms with E-state index in [9.17, 15) is 0 Å². The molecule has 1 atom stereocenters. The molecule has 0 aromatic heterocycles. The Kier molecular flexibility index (Phi) is 2.69. The van der Waals surface area contributed by atoms with E-state index in [1.54, 1.807) is 0 Å². The van der Waals surface area contributed by atoms with Crippen molar-refractivity contribution in [1.29, 1.82) is 0 Å². The highest BCUT2D eigenvalue weighted by atomic mass is 14.3. The van der Waals surface area contributed by atoms with Crippen LogP contribution in [-0.2, 0) is 0 Å². The third-order valence-corrected chi connectivity index (χ3v) is 2.60. The maximum Gasteiger partial charge on any atom is 0.00991 e. The first-order valence-corrected chi connectivity index (χ1v) is 4.41. The molecule has 0 heterocycles. The molecule has 0 spiro atoms. The largest absolute Gasteiger partial charge is 0.102 e. The summed E-state index contributed by atoms with van der Waals surface area (Å²) in [6, 6.07) is 0. The van der Waals surface area contributed by atoms with Crippen LogP contribution in [0.2, 0.25) is 0 Å². The summed E-state index contributed by atoms with van der Waals surface area (Å²) < 4.78 is 0. The van der Waals surface area contributed by atoms with Gasteiger partial charge >= 0.3 is 0 Å². The van der Waals surface area contributed by atoms with E-state index in [2.05, 4.69) is 38.3 Å². The van der Waals surface area contributed by atoms with Crippen molar-refractivity contribution in [2.24, 2.45) is 5.41 Å². The molecule has 1 aliphatic rings. The van der Waals surface area contributed by atoms with Gasteiger partial charge < -0.3 is 0 Å². The van der Waals surface area contributed by atoms with Crippen molar-refractivity contribution in [2.75, 3.05) is 0 Å². The third-order valence-electron chi connectivity index (χ3n) is 2.60. The van der Waals surface area contributed by atoms with E-state index in [-0.39, 0.29) is 5.41 Å². The summed E-state index contributed by atoms with van der Waals surface area (Å²) in [7, 11) is 0. The van der Waals surface area contributed by atoms with Gasteiger partial charge in [0.2, 0.25) is 0 Å². The predicted molar refractivity (Wildman–Crippen MR) is 55.0 cm³/mol. The molecule has 0 heteroatoms. The van der Waals surface area contributed by atoms with Crippen LogP contribution in [0, 0.1) is 5.41 Å². The third kappa shape index (κ3) is 1.58. The van der Waals surface area contributed by atoms with Gasteiger partial charge in [0.15, 0.2) is 0 Å². The van der Waals surface area contributed by atoms with Gasteiger partial charge in [-0.1, -0.05) is 43.9 Å². The molecule has 1 unspecified atom stereocenters. The first-order valence-electron chi connectivity index (χ1n) is 4.41. The summed E-state index contributed by atoms with van der Waals surface area (Å²) in [5.74, 6) is 0. The van der Waals surface area contributed by atoms with Crippen LogP contribution in [0.4, 0.5) is 0 Å². The van der Waals surface area contributed by atoms with Gasteiger partial charge in [0.05, 0.1) is 0 Å². The van der Waals surface area contributed by atoms with Crippen molar-refractivity contribution in [1.82, 2.24) is 0 Å². The summed E-state index contributed by atoms with van der Waals surface area (Å²) in [4.78, 5) is 0. The molecule has 0 radical (unpaired) electrons. The zero-order valence-corrected chi connectivity index (χ0v) is 7.72. The van der Waals surface area contributed by atoms with Crippen molar-refractivity contribution in [3.8, 4) is 0 Å². The smallest absolute Gasteiger partial charge is 0.00991 e. The van der Waals surface area contributed by atoms with E-state index in [0.29, 0.717) is 0 Å². The number of allylic oxidation sites excluding steroid dienone is 6. The van der Waals surface area contributed by atoms with Gasteiger partial charge in [-0.2, -0.15) is 0 Å². The lowest BCUT2D eigenvalue weighted by atomic mass is 9.76. The molecule has 12 heavy (non-hydrogen) atoms. The van der Waals surface area contributed by atoms with Gasteiger partial charge in [-0.05, 0) is 18.4 Å². The molecule has 0 fully saturated rings. The Morgan fingerprint density at radius 2 is 2.33 bits per heavy atom. The second-order valence-corrected chi connectivity index (χ2v) is 3.27. The molecule has 1 aliphatic carbocycles. The minimum Gasteiger partial charge on any atom is -0.102 e. The summed E-state index contributed by atoms with van der Waals surface area (Å²) in [6.45, 7) is 9.86. The van der Waals surface area contributed by atoms with Gasteiger partial charge in [0.1, 0.15) is 0 Å². The minimum atomic E-state index is 0.179. The molecule has 0 amide bonds. The molecular weight excluding hydrogens is 144 g/mol. The molecule has 0 saturated heterocycles. The first kappa shape index (κ1) is 9.05. The zero-order chi connectivity index (χ0) is 9.03. The van der Waals surface area contributed by atoms with Gasteiger partial charge in [0, 0.05) is 5.41 Å². The molecule has 0 aliphatic heterocycles. The first-order chi connectivity index (χ1) is 5.76. The Hall–Kier alpha value is -1.04. The Bertz CT molecular complexity index is 243. The van der Waals surface area contributed by atoms with Gasteiger partial charge in [-0.15, -0.1) is 6.58 Å². The lowest BCUT2D eigenvalue weighted by Gasteiger charge is -2.28. The molecule has 1 rings (SSSR count). The second-order valence-electron chi connectivity index (χ2n) is 3.27. The lowest BCUT2D eigenvalue weighted by Crippen LogP contribution is -2.15. The van der Waals surface area contributed by atoms with Crippen molar-refractivity contribution in [3.63, 3.8) is 0 Å². The fraction of sp³-hybridized carbons (Fsp3) is 0.333. The van der Waals surface area contributed by atoms with Crippen LogP contribution in [0.1, 0.15) is 19.8 Å². The fourth-order valence-corrected chi connectivity index (χ4v) is 1.53. The maximum absolute atomic E-state index is 3.88. The van der Waals surface area contributed by atoms with E-state index < -0.39 is 0 Å². The Morgan fingerprint density at radius 1 is 1.58 bits per heavy atom. The summed E-state index contributed by atoms with van der Waals surface area (Å²) in [5, 5.41) is 0. The minimum absolute atomic E-state index is 0.179. The van der Waals surface area contributed by atoms with Crippen LogP contribution in [0.5, 0.6) is 0 Å². The standard InChI is InChI=1S/C12H16/c1-4-11-8-7-9-12(5-2,6-3)10-11/h4-5,7-9H,1-2,6,10H2,3H3. The summed E-state index contributed by atoms with van der Waals surface area (Å²) in [5.41, 5.74) is 1.48. The average Bonchev–Trinajstić information content (AvgIpc) is 2.18. The van der Waals surface area contributed by atoms with Crippen LogP contribution in [0.15, 0.2) is 49.1 Å². The van der Waals surface area contributed by atoms with E-state index in [0.717, 1.165) is 12.8 Å². The highest BCUT2D eigenvalue weighted by Gasteiger charge is 2.23. The molecule has 0 aromatic carbocycles. The van der Waals surface area contributed by atoms with Crippen LogP contribution in [0.3, 0.4) is 0 Å². The SMILES string of the molecule is C=CC1=CC=CC(C=C)(CC)C1. The molecule has 0 saturated carbocycles. The molecule has 0 aromatic rings. The Balaban J connectivity index is 2.87. The molecular formula is C12H16. The molecule has 0 bridgehead atoms. The fourth-order valence-electron chi connectivity index (χ4n) is 1.53. The van der Waals surface area contributed by atoms with E-state index in [4.69, 9.17) is 0 Å². The van der Waals surface area contributed by atoms with Crippen LogP contribution in [-0.4, -0.2) is 0 Å². The van der Waals surface area contributed by atoms with Crippen molar-refractivity contribution < 1.29 is 0 Å². The van der Waals surface area contributed by atoms with E-state index in [1.807, 2.05) is 12.2 Å².